The summed E-state index contributed by atoms with van der Waals surface area (Å²) >= 11 is 1.90. The Hall–Kier alpha value is -18.7. The van der Waals surface area contributed by atoms with Crippen LogP contribution in [0.2, 0.25) is 0 Å². The van der Waals surface area contributed by atoms with E-state index in [4.69, 9.17) is 4.42 Å². The SMILES string of the molecule is CC1(C)c2ccccc2-c2ccc3c4c5ccccc5c5ccccc5c4n(-c4ccc(-c5ccccc5)cc4)c3c21.c1ccc(-n2c3ccccc3c3ccc4c5ccc6ccccc6c5n(-c5ccccc5)c4c32)cc1.c1ccc2cc(-n3c4ccc5ccccc5c4c4ccc5c6ccccc6oc5c43)ccc2c1.c1ccc2cc3c(cc2c1)c1ccc2c4ccccc4sc2c1n3-c1cccc2ccccc12. The van der Waals surface area contributed by atoms with Gasteiger partial charge in [-0.25, -0.2) is 0 Å². The van der Waals surface area contributed by atoms with Gasteiger partial charge in [-0.15, -0.1) is 11.3 Å². The number of fused-ring (bicyclic) bond motifs is 40. The molecule has 0 saturated heterocycles. The van der Waals surface area contributed by atoms with Gasteiger partial charge in [0.25, 0.3) is 0 Å². The van der Waals surface area contributed by atoms with Gasteiger partial charge in [-0.3, -0.25) is 0 Å². The molecule has 6 nitrogen and oxygen atoms in total. The zero-order chi connectivity index (χ0) is 96.1. The second kappa shape index (κ2) is 32.7. The zero-order valence-electron chi connectivity index (χ0n) is 80.0. The van der Waals surface area contributed by atoms with Gasteiger partial charge >= 0.3 is 0 Å². The van der Waals surface area contributed by atoms with Gasteiger partial charge in [-0.1, -0.05) is 420 Å². The predicted octanol–water partition coefficient (Wildman–Crippen LogP) is 38.5. The molecule has 32 aromatic rings. The standard InChI is InChI=1S/C41H29N.C34H22N2.C32H19NO.C32H19NS/c1-41(2)36-19-11-10-16-31(36)33-24-25-35-37-32-17-8-6-14-29(32)30-15-7-9-18-34(30)39(37)42(40(35)38(33)41)28-22-20-27(21-23-28)26-12-4-3-5-13-26;1-3-12-24(13-4-1)35-31-18-10-9-17-27(31)28-21-22-30-29-20-19-23-11-7-8-16-26(23)32(29)36(34(30)33(28)35)25-14-5-2-6-15-25;1-2-9-22-19-23(15-13-20(22)7-1)33-28-18-14-21-8-3-4-10-24(21)30(28)27-17-16-26-25-11-5-6-12-29(25)34-32(26)31(27)33;1-2-10-22-19-29-27(18-21(22)9-1)25-16-17-26-24-13-5-6-15-30(24)34-32(26)31(25)33(29)28-14-7-11-20-8-3-4-12-23(20)28/h3-25H,1-2H3;1-22H;2*1-19H. The molecule has 0 bridgehead atoms. The van der Waals surface area contributed by atoms with Crippen molar-refractivity contribution in [1.82, 2.24) is 22.8 Å². The molecule has 146 heavy (non-hydrogen) atoms. The molecule has 0 N–H and O–H groups in total. The van der Waals surface area contributed by atoms with Crippen LogP contribution in [-0.2, 0) is 5.41 Å². The van der Waals surface area contributed by atoms with E-state index in [1.165, 1.54) is 255 Å². The summed E-state index contributed by atoms with van der Waals surface area (Å²) in [6.45, 7) is 4.79. The molecule has 7 heterocycles. The van der Waals surface area contributed by atoms with Crippen molar-refractivity contribution in [2.45, 2.75) is 19.3 Å². The second-order valence-corrected chi connectivity index (χ2v) is 40.5. The highest BCUT2D eigenvalue weighted by Crippen LogP contribution is 2.56. The van der Waals surface area contributed by atoms with Crippen LogP contribution in [0.1, 0.15) is 25.0 Å². The van der Waals surface area contributed by atoms with Gasteiger partial charge in [-0.05, 0) is 190 Å². The smallest absolute Gasteiger partial charge is 0.160 e. The van der Waals surface area contributed by atoms with Crippen LogP contribution in [0.3, 0.4) is 0 Å². The quantitative estimate of drug-likeness (QED) is 0.153. The zero-order valence-corrected chi connectivity index (χ0v) is 80.8. The van der Waals surface area contributed by atoms with Crippen molar-refractivity contribution in [2.75, 3.05) is 0 Å². The fourth-order valence-corrected chi connectivity index (χ4v) is 26.2. The first-order valence-electron chi connectivity index (χ1n) is 50.4. The van der Waals surface area contributed by atoms with Gasteiger partial charge in [0.1, 0.15) is 5.58 Å². The molecular formula is C139H89N5OS. The average molecular weight is 1880 g/mol. The van der Waals surface area contributed by atoms with E-state index in [0.29, 0.717) is 0 Å². The van der Waals surface area contributed by atoms with E-state index in [2.05, 4.69) is 534 Å². The van der Waals surface area contributed by atoms with E-state index in [1.807, 2.05) is 17.4 Å². The molecule has 682 valence electrons. The van der Waals surface area contributed by atoms with Gasteiger partial charge in [-0.2, -0.15) is 0 Å². The minimum atomic E-state index is -0.132. The third-order valence-electron chi connectivity index (χ3n) is 31.3. The number of hydrogen-bond donors (Lipinski definition) is 0. The summed E-state index contributed by atoms with van der Waals surface area (Å²) < 4.78 is 21.6. The van der Waals surface area contributed by atoms with Gasteiger partial charge in [0.2, 0.25) is 0 Å². The number of benzene rings is 25. The topological polar surface area (TPSA) is 37.8 Å². The van der Waals surface area contributed by atoms with E-state index >= 15 is 0 Å². The number of thiophene rings is 1. The minimum absolute atomic E-state index is 0.132. The molecule has 1 aliphatic carbocycles. The van der Waals surface area contributed by atoms with Crippen LogP contribution in [-0.4, -0.2) is 22.8 Å². The highest BCUT2D eigenvalue weighted by atomic mass is 32.1. The molecule has 0 fully saturated rings. The Bertz CT molecular complexity index is 11100. The molecule has 0 saturated carbocycles. The summed E-state index contributed by atoms with van der Waals surface area (Å²) in [4.78, 5) is 0. The fourth-order valence-electron chi connectivity index (χ4n) is 24.9. The molecule has 7 heteroatoms. The third-order valence-corrected chi connectivity index (χ3v) is 32.5. The van der Waals surface area contributed by atoms with Crippen molar-refractivity contribution in [2.24, 2.45) is 0 Å². The van der Waals surface area contributed by atoms with Crippen LogP contribution >= 0.6 is 11.3 Å². The molecular weight excluding hydrogens is 1790 g/mol. The maximum absolute atomic E-state index is 6.54. The summed E-state index contributed by atoms with van der Waals surface area (Å²) in [5, 5.41) is 35.6. The van der Waals surface area contributed by atoms with Crippen LogP contribution in [0.25, 0.3) is 277 Å². The lowest BCUT2D eigenvalue weighted by molar-refractivity contribution is 0.664. The Morgan fingerprint density at radius 2 is 0.664 bits per heavy atom. The Morgan fingerprint density at radius 1 is 0.205 bits per heavy atom. The van der Waals surface area contributed by atoms with Gasteiger partial charge in [0, 0.05) is 124 Å². The van der Waals surface area contributed by atoms with Crippen LogP contribution in [0, 0.1) is 0 Å². The fraction of sp³-hybridized carbons (Fsp3) is 0.0216. The van der Waals surface area contributed by atoms with E-state index in [9.17, 15) is 0 Å². The van der Waals surface area contributed by atoms with Crippen LogP contribution in [0.5, 0.6) is 0 Å². The predicted molar refractivity (Wildman–Crippen MR) is 623 cm³/mol. The van der Waals surface area contributed by atoms with Crippen molar-refractivity contribution in [3.8, 4) is 50.7 Å². The first-order valence-corrected chi connectivity index (χ1v) is 51.2. The number of aromatic nitrogens is 5. The number of furan rings is 1. The van der Waals surface area contributed by atoms with Crippen LogP contribution in [0.4, 0.5) is 0 Å². The Kier molecular flexibility index (Phi) is 18.6. The molecule has 33 rings (SSSR count). The first-order chi connectivity index (χ1) is 72.3. The van der Waals surface area contributed by atoms with Crippen molar-refractivity contribution in [3.63, 3.8) is 0 Å². The summed E-state index contributed by atoms with van der Waals surface area (Å²) in [5.74, 6) is 0. The normalized spacial score (nSPS) is 12.5. The summed E-state index contributed by atoms with van der Waals surface area (Å²) in [6.07, 6.45) is 0. The maximum atomic E-state index is 6.54. The average Bonchev–Trinajstić information content (AvgIpc) is 1.52. The van der Waals surface area contributed by atoms with E-state index < -0.39 is 0 Å². The second-order valence-electron chi connectivity index (χ2n) is 39.5. The lowest BCUT2D eigenvalue weighted by Crippen LogP contribution is -2.16. The molecule has 1 aliphatic rings. The molecule has 0 spiro atoms. The molecule has 7 aromatic heterocycles. The lowest BCUT2D eigenvalue weighted by Gasteiger charge is -2.23. The van der Waals surface area contributed by atoms with Gasteiger partial charge in [0.15, 0.2) is 5.58 Å². The highest BCUT2D eigenvalue weighted by molar-refractivity contribution is 7.26. The van der Waals surface area contributed by atoms with E-state index in [1.54, 1.807) is 0 Å². The Labute approximate surface area is 843 Å². The van der Waals surface area contributed by atoms with Crippen molar-refractivity contribution < 1.29 is 4.42 Å². The molecule has 25 aromatic carbocycles. The molecule has 0 aliphatic heterocycles. The van der Waals surface area contributed by atoms with Gasteiger partial charge < -0.3 is 27.3 Å². The lowest BCUT2D eigenvalue weighted by atomic mass is 9.81. The van der Waals surface area contributed by atoms with Crippen molar-refractivity contribution >= 4 is 238 Å². The summed E-state index contributed by atoms with van der Waals surface area (Å²) in [7, 11) is 0. The third kappa shape index (κ3) is 12.5. The number of para-hydroxylation sites is 4. The minimum Gasteiger partial charge on any atom is -0.454 e. The summed E-state index contributed by atoms with van der Waals surface area (Å²) in [5.41, 5.74) is 28.1. The highest BCUT2D eigenvalue weighted by Gasteiger charge is 2.39. The number of nitrogens with zero attached hydrogens (tertiary/aromatic N) is 5. The van der Waals surface area contributed by atoms with E-state index in [-0.39, 0.29) is 5.41 Å². The molecule has 0 atom stereocenters. The maximum Gasteiger partial charge on any atom is 0.160 e. The van der Waals surface area contributed by atoms with E-state index in [0.717, 1.165) is 33.1 Å². The van der Waals surface area contributed by atoms with Crippen LogP contribution in [0.15, 0.2) is 508 Å². The molecule has 0 unspecified atom stereocenters. The van der Waals surface area contributed by atoms with Crippen LogP contribution < -0.4 is 0 Å². The van der Waals surface area contributed by atoms with Crippen molar-refractivity contribution in [3.05, 3.63) is 515 Å². The van der Waals surface area contributed by atoms with Crippen molar-refractivity contribution in [1.29, 1.82) is 0 Å². The monoisotopic (exact) mass is 1880 g/mol. The first kappa shape index (κ1) is 83.2. The molecule has 0 radical (unpaired) electrons. The number of rotatable bonds is 6. The Balaban J connectivity index is 0.0000000905. The molecule has 0 amide bonds. The van der Waals surface area contributed by atoms with Gasteiger partial charge in [0.05, 0.1) is 65.6 Å². The Morgan fingerprint density at radius 3 is 1.42 bits per heavy atom. The number of hydrogen-bond acceptors (Lipinski definition) is 2. The largest absolute Gasteiger partial charge is 0.454 e. The summed E-state index contributed by atoms with van der Waals surface area (Å²) in [6, 6.07) is 183.